The van der Waals surface area contributed by atoms with Gasteiger partial charge in [0.1, 0.15) is 0 Å². The number of carboxylic acids is 1. The second-order valence-electron chi connectivity index (χ2n) is 6.42. The van der Waals surface area contributed by atoms with Crippen molar-refractivity contribution in [1.82, 2.24) is 0 Å². The zero-order valence-corrected chi connectivity index (χ0v) is 9.88. The molecular weight excluding hydrogens is 212 g/mol. The quantitative estimate of drug-likeness (QED) is 0.741. The molecule has 2 saturated carbocycles. The van der Waals surface area contributed by atoms with Gasteiger partial charge in [0.2, 0.25) is 0 Å². The zero-order chi connectivity index (χ0) is 11.6. The molecule has 0 radical (unpaired) electrons. The molecule has 90 valence electrons. The van der Waals surface area contributed by atoms with Gasteiger partial charge in [-0.2, -0.15) is 0 Å². The summed E-state index contributed by atoms with van der Waals surface area (Å²) in [6, 6.07) is 0. The van der Waals surface area contributed by atoms with E-state index in [9.17, 15) is 9.90 Å². The average molecular weight is 230 g/mol. The molecule has 2 nitrogen and oxygen atoms in total. The van der Waals surface area contributed by atoms with Gasteiger partial charge in [-0.05, 0) is 55.3 Å². The van der Waals surface area contributed by atoms with Crippen LogP contribution < -0.4 is 0 Å². The van der Waals surface area contributed by atoms with Crippen LogP contribution in [0.3, 0.4) is 0 Å². The highest BCUT2D eigenvalue weighted by Gasteiger charge is 2.61. The molecule has 4 aliphatic carbocycles. The summed E-state index contributed by atoms with van der Waals surface area (Å²) in [6.07, 6.45) is 13.3. The van der Waals surface area contributed by atoms with Crippen LogP contribution in [0.4, 0.5) is 0 Å². The minimum atomic E-state index is -0.527. The van der Waals surface area contributed by atoms with Crippen LogP contribution in [0.1, 0.15) is 25.7 Å². The van der Waals surface area contributed by atoms with Crippen LogP contribution in [0.15, 0.2) is 24.3 Å². The summed E-state index contributed by atoms with van der Waals surface area (Å²) < 4.78 is 0. The van der Waals surface area contributed by atoms with Gasteiger partial charge in [0.25, 0.3) is 0 Å². The molecule has 6 unspecified atom stereocenters. The van der Waals surface area contributed by atoms with Crippen molar-refractivity contribution in [2.75, 3.05) is 0 Å². The number of rotatable bonds is 2. The van der Waals surface area contributed by atoms with Crippen molar-refractivity contribution in [2.24, 2.45) is 35.0 Å². The molecule has 6 atom stereocenters. The minimum Gasteiger partial charge on any atom is -0.481 e. The number of carbonyl (C=O) groups is 1. The van der Waals surface area contributed by atoms with E-state index >= 15 is 0 Å². The summed E-state index contributed by atoms with van der Waals surface area (Å²) in [4.78, 5) is 11.9. The first kappa shape index (κ1) is 9.93. The van der Waals surface area contributed by atoms with Crippen LogP contribution in [0.25, 0.3) is 0 Å². The number of fused-ring (bicyclic) bond motifs is 4. The molecule has 4 bridgehead atoms. The Kier molecular flexibility index (Phi) is 1.77. The normalized spacial score (nSPS) is 53.8. The first-order valence-electron chi connectivity index (χ1n) is 6.80. The Bertz CT molecular complexity index is 436. The van der Waals surface area contributed by atoms with E-state index in [1.807, 2.05) is 0 Å². The fraction of sp³-hybridized carbons (Fsp3) is 0.667. The summed E-state index contributed by atoms with van der Waals surface area (Å²) >= 11 is 0. The summed E-state index contributed by atoms with van der Waals surface area (Å²) in [6.45, 7) is 0. The summed E-state index contributed by atoms with van der Waals surface area (Å²) in [5.74, 6) is 1.94. The molecule has 0 aromatic heterocycles. The lowest BCUT2D eigenvalue weighted by molar-refractivity contribution is -0.155. The van der Waals surface area contributed by atoms with Gasteiger partial charge in [0.15, 0.2) is 0 Å². The molecule has 1 N–H and O–H groups in total. The molecule has 0 aromatic rings. The van der Waals surface area contributed by atoms with Crippen molar-refractivity contribution in [1.29, 1.82) is 0 Å². The number of carboxylic acid groups (broad SMARTS) is 1. The van der Waals surface area contributed by atoms with Gasteiger partial charge >= 0.3 is 5.97 Å². The monoisotopic (exact) mass is 230 g/mol. The third-order valence-corrected chi connectivity index (χ3v) is 5.77. The van der Waals surface area contributed by atoms with E-state index in [2.05, 4.69) is 24.3 Å². The number of allylic oxidation sites excluding steroid dienone is 4. The van der Waals surface area contributed by atoms with Crippen molar-refractivity contribution in [2.45, 2.75) is 25.7 Å². The summed E-state index contributed by atoms with van der Waals surface area (Å²) in [5, 5.41) is 9.82. The van der Waals surface area contributed by atoms with E-state index in [1.54, 1.807) is 0 Å². The molecule has 4 aliphatic rings. The maximum Gasteiger partial charge on any atom is 0.310 e. The third-order valence-electron chi connectivity index (χ3n) is 5.77. The lowest BCUT2D eigenvalue weighted by Crippen LogP contribution is -2.43. The van der Waals surface area contributed by atoms with Crippen LogP contribution in [0.2, 0.25) is 0 Å². The minimum absolute atomic E-state index is 0.308. The smallest absolute Gasteiger partial charge is 0.310 e. The fourth-order valence-electron chi connectivity index (χ4n) is 5.10. The number of hydrogen-bond donors (Lipinski definition) is 1. The van der Waals surface area contributed by atoms with Gasteiger partial charge in [-0.25, -0.2) is 0 Å². The Morgan fingerprint density at radius 1 is 1.06 bits per heavy atom. The Hall–Kier alpha value is -1.05. The molecule has 17 heavy (non-hydrogen) atoms. The van der Waals surface area contributed by atoms with E-state index in [0.717, 1.165) is 19.3 Å². The maximum atomic E-state index is 11.9. The first-order chi connectivity index (χ1) is 8.20. The SMILES string of the molecule is O=C(O)C1(C2CC3C=CC2C3)CC2C=CC1C2. The van der Waals surface area contributed by atoms with Crippen molar-refractivity contribution >= 4 is 5.97 Å². The van der Waals surface area contributed by atoms with Crippen molar-refractivity contribution in [3.05, 3.63) is 24.3 Å². The van der Waals surface area contributed by atoms with E-state index in [4.69, 9.17) is 0 Å². The highest BCUT2D eigenvalue weighted by atomic mass is 16.4. The van der Waals surface area contributed by atoms with Crippen LogP contribution in [0, 0.1) is 35.0 Å². The second kappa shape index (κ2) is 3.04. The van der Waals surface area contributed by atoms with Crippen molar-refractivity contribution < 1.29 is 9.90 Å². The van der Waals surface area contributed by atoms with Crippen LogP contribution in [-0.2, 0) is 4.79 Å². The number of aliphatic carboxylic acids is 1. The van der Waals surface area contributed by atoms with Gasteiger partial charge in [0, 0.05) is 0 Å². The number of hydrogen-bond acceptors (Lipinski definition) is 1. The predicted octanol–water partition coefficient (Wildman–Crippen LogP) is 2.87. The maximum absolute atomic E-state index is 11.9. The predicted molar refractivity (Wildman–Crippen MR) is 64.3 cm³/mol. The fourth-order valence-corrected chi connectivity index (χ4v) is 5.10. The lowest BCUT2D eigenvalue weighted by atomic mass is 9.62. The van der Waals surface area contributed by atoms with Gasteiger partial charge in [0.05, 0.1) is 5.41 Å². The van der Waals surface area contributed by atoms with E-state index in [0.29, 0.717) is 29.6 Å². The van der Waals surface area contributed by atoms with Crippen LogP contribution >= 0.6 is 0 Å². The Morgan fingerprint density at radius 3 is 2.35 bits per heavy atom. The highest BCUT2D eigenvalue weighted by Crippen LogP contribution is 2.63. The first-order valence-corrected chi connectivity index (χ1v) is 6.80. The standard InChI is InChI=1S/C15H18O2/c16-14(17)15(8-10-2-4-12(15)6-10)13-7-9-1-3-11(13)5-9/h1-4,9-13H,5-8H2,(H,16,17). The molecule has 0 aromatic carbocycles. The molecule has 0 spiro atoms. The van der Waals surface area contributed by atoms with Crippen LogP contribution in [0.5, 0.6) is 0 Å². The van der Waals surface area contributed by atoms with E-state index < -0.39 is 11.4 Å². The Morgan fingerprint density at radius 2 is 1.88 bits per heavy atom. The molecule has 2 heteroatoms. The Balaban J connectivity index is 1.76. The van der Waals surface area contributed by atoms with Crippen molar-refractivity contribution in [3.63, 3.8) is 0 Å². The van der Waals surface area contributed by atoms with Gasteiger partial charge < -0.3 is 5.11 Å². The summed E-state index contributed by atoms with van der Waals surface area (Å²) in [7, 11) is 0. The Labute approximate surface area is 101 Å². The molecular formula is C15H18O2. The molecule has 0 heterocycles. The molecule has 4 rings (SSSR count). The van der Waals surface area contributed by atoms with Gasteiger partial charge in [-0.1, -0.05) is 24.3 Å². The molecule has 0 aliphatic heterocycles. The second-order valence-corrected chi connectivity index (χ2v) is 6.42. The molecule has 2 fully saturated rings. The molecule has 0 saturated heterocycles. The largest absolute Gasteiger partial charge is 0.481 e. The zero-order valence-electron chi connectivity index (χ0n) is 9.88. The van der Waals surface area contributed by atoms with Crippen LogP contribution in [-0.4, -0.2) is 11.1 Å². The average Bonchev–Trinajstić information content (AvgIpc) is 3.07. The van der Waals surface area contributed by atoms with Gasteiger partial charge in [-0.3, -0.25) is 4.79 Å². The van der Waals surface area contributed by atoms with E-state index in [1.165, 1.54) is 6.42 Å². The van der Waals surface area contributed by atoms with E-state index in [-0.39, 0.29) is 0 Å². The van der Waals surface area contributed by atoms with Crippen molar-refractivity contribution in [3.8, 4) is 0 Å². The highest BCUT2D eigenvalue weighted by molar-refractivity contribution is 5.77. The van der Waals surface area contributed by atoms with Gasteiger partial charge in [-0.15, -0.1) is 0 Å². The summed E-state index contributed by atoms with van der Waals surface area (Å²) in [5.41, 5.74) is -0.427. The molecule has 0 amide bonds. The topological polar surface area (TPSA) is 37.3 Å². The third kappa shape index (κ3) is 1.09. The lowest BCUT2D eigenvalue weighted by Gasteiger charge is -2.40.